The van der Waals surface area contributed by atoms with Crippen molar-refractivity contribution in [3.8, 4) is 0 Å². The first-order chi connectivity index (χ1) is 8.47. The minimum atomic E-state index is -3.75. The number of sulfonamides is 1. The van der Waals surface area contributed by atoms with Gasteiger partial charge in [0, 0.05) is 12.6 Å². The van der Waals surface area contributed by atoms with Gasteiger partial charge in [-0.15, -0.1) is 0 Å². The lowest BCUT2D eigenvalue weighted by molar-refractivity contribution is 0.553. The van der Waals surface area contributed by atoms with E-state index in [0.717, 1.165) is 18.2 Å². The molecule has 0 amide bonds. The first-order valence-corrected chi connectivity index (χ1v) is 7.69. The van der Waals surface area contributed by atoms with Gasteiger partial charge in [-0.3, -0.25) is 0 Å². The predicted molar refractivity (Wildman–Crippen MR) is 70.7 cm³/mol. The van der Waals surface area contributed by atoms with Crippen LogP contribution in [0.25, 0.3) is 0 Å². The number of nitrogens with zero attached hydrogens (tertiary/aromatic N) is 1. The SMILES string of the molecule is Nc1c(N2CC3CCC2C3)cccc1S(N)(=O)=O. The maximum atomic E-state index is 11.5. The normalized spacial score (nSPS) is 26.8. The molecule has 2 unspecified atom stereocenters. The number of nitrogens with two attached hydrogens (primary N) is 2. The van der Waals surface area contributed by atoms with E-state index in [2.05, 4.69) is 4.90 Å². The van der Waals surface area contributed by atoms with E-state index >= 15 is 0 Å². The Morgan fingerprint density at radius 2 is 2.06 bits per heavy atom. The van der Waals surface area contributed by atoms with Gasteiger partial charge in [-0.25, -0.2) is 13.6 Å². The van der Waals surface area contributed by atoms with Crippen LogP contribution in [0, 0.1) is 5.92 Å². The lowest BCUT2D eigenvalue weighted by atomic mass is 10.1. The first-order valence-electron chi connectivity index (χ1n) is 6.15. The van der Waals surface area contributed by atoms with Gasteiger partial charge in [-0.05, 0) is 37.3 Å². The molecule has 6 heteroatoms. The van der Waals surface area contributed by atoms with E-state index in [1.807, 2.05) is 6.07 Å². The summed E-state index contributed by atoms with van der Waals surface area (Å²) in [5, 5.41) is 5.17. The fraction of sp³-hybridized carbons (Fsp3) is 0.500. The molecular formula is C12H17N3O2S. The maximum Gasteiger partial charge on any atom is 0.240 e. The van der Waals surface area contributed by atoms with E-state index in [1.54, 1.807) is 6.07 Å². The Bertz CT molecular complexity index is 585. The third kappa shape index (κ3) is 1.76. The van der Waals surface area contributed by atoms with Crippen molar-refractivity contribution in [2.75, 3.05) is 17.2 Å². The van der Waals surface area contributed by atoms with Crippen LogP contribution in [0.4, 0.5) is 11.4 Å². The van der Waals surface area contributed by atoms with E-state index in [1.165, 1.54) is 25.3 Å². The average molecular weight is 267 g/mol. The second kappa shape index (κ2) is 3.86. The molecule has 1 saturated carbocycles. The van der Waals surface area contributed by atoms with Crippen LogP contribution in [0.3, 0.4) is 0 Å². The molecule has 1 aliphatic carbocycles. The van der Waals surface area contributed by atoms with Crippen LogP contribution in [0.1, 0.15) is 19.3 Å². The van der Waals surface area contributed by atoms with Crippen molar-refractivity contribution in [3.05, 3.63) is 18.2 Å². The predicted octanol–water partition coefficient (Wildman–Crippen LogP) is 0.905. The highest BCUT2D eigenvalue weighted by Gasteiger charge is 2.38. The van der Waals surface area contributed by atoms with Gasteiger partial charge < -0.3 is 10.6 Å². The molecule has 2 fully saturated rings. The molecule has 2 bridgehead atoms. The standard InChI is InChI=1S/C12H17N3O2S/c13-12-10(2-1-3-11(12)18(14,16)17)15-7-8-4-5-9(15)6-8/h1-3,8-9H,4-7,13H2,(H2,14,16,17). The van der Waals surface area contributed by atoms with Crippen molar-refractivity contribution >= 4 is 21.4 Å². The Labute approximate surface area is 107 Å². The summed E-state index contributed by atoms with van der Waals surface area (Å²) in [6.45, 7) is 0.975. The Balaban J connectivity index is 2.03. The summed E-state index contributed by atoms with van der Waals surface area (Å²) in [6, 6.07) is 5.55. The van der Waals surface area contributed by atoms with Gasteiger partial charge in [0.15, 0.2) is 0 Å². The molecule has 4 N–H and O–H groups in total. The van der Waals surface area contributed by atoms with E-state index < -0.39 is 10.0 Å². The number of piperidine rings is 1. The van der Waals surface area contributed by atoms with E-state index in [0.29, 0.717) is 6.04 Å². The highest BCUT2D eigenvalue weighted by atomic mass is 32.2. The van der Waals surface area contributed by atoms with Gasteiger partial charge in [0.2, 0.25) is 10.0 Å². The van der Waals surface area contributed by atoms with E-state index in [9.17, 15) is 8.42 Å². The number of fused-ring (bicyclic) bond motifs is 2. The van der Waals surface area contributed by atoms with Gasteiger partial charge >= 0.3 is 0 Å². The average Bonchev–Trinajstić information content (AvgIpc) is 2.89. The number of hydrogen-bond acceptors (Lipinski definition) is 4. The fourth-order valence-corrected chi connectivity index (χ4v) is 3.93. The number of anilines is 2. The molecule has 1 saturated heterocycles. The van der Waals surface area contributed by atoms with Crippen LogP contribution in [-0.4, -0.2) is 21.0 Å². The number of primary sulfonamides is 1. The zero-order chi connectivity index (χ0) is 12.9. The van der Waals surface area contributed by atoms with Gasteiger partial charge in [-0.1, -0.05) is 6.07 Å². The van der Waals surface area contributed by atoms with Crippen LogP contribution in [-0.2, 0) is 10.0 Å². The lowest BCUT2D eigenvalue weighted by Gasteiger charge is -2.30. The fourth-order valence-electron chi connectivity index (χ4n) is 3.25. The summed E-state index contributed by atoms with van der Waals surface area (Å²) >= 11 is 0. The van der Waals surface area contributed by atoms with Crippen LogP contribution in [0.2, 0.25) is 0 Å². The topological polar surface area (TPSA) is 89.4 Å². The third-order valence-corrected chi connectivity index (χ3v) is 5.04. The summed E-state index contributed by atoms with van der Waals surface area (Å²) in [5.74, 6) is 0.729. The molecule has 18 heavy (non-hydrogen) atoms. The Morgan fingerprint density at radius 3 is 2.61 bits per heavy atom. The second-order valence-electron chi connectivity index (χ2n) is 5.22. The molecule has 2 atom stereocenters. The number of rotatable bonds is 2. The Hall–Kier alpha value is -1.27. The van der Waals surface area contributed by atoms with Gasteiger partial charge in [0.1, 0.15) is 4.90 Å². The highest BCUT2D eigenvalue weighted by molar-refractivity contribution is 7.89. The minimum Gasteiger partial charge on any atom is -0.396 e. The Kier molecular flexibility index (Phi) is 2.53. The summed E-state index contributed by atoms with van der Waals surface area (Å²) in [7, 11) is -3.75. The summed E-state index contributed by atoms with van der Waals surface area (Å²) in [6.07, 6.45) is 3.64. The number of para-hydroxylation sites is 1. The van der Waals surface area contributed by atoms with Crippen molar-refractivity contribution < 1.29 is 8.42 Å². The van der Waals surface area contributed by atoms with Crippen LogP contribution >= 0.6 is 0 Å². The van der Waals surface area contributed by atoms with Gasteiger partial charge in [0.05, 0.1) is 11.4 Å². The quantitative estimate of drug-likeness (QED) is 0.779. The van der Waals surface area contributed by atoms with Crippen molar-refractivity contribution in [2.45, 2.75) is 30.2 Å². The van der Waals surface area contributed by atoms with Crippen molar-refractivity contribution in [1.82, 2.24) is 0 Å². The number of nitrogen functional groups attached to an aromatic ring is 1. The molecule has 1 aliphatic heterocycles. The Morgan fingerprint density at radius 1 is 1.28 bits per heavy atom. The maximum absolute atomic E-state index is 11.5. The molecule has 0 aromatic heterocycles. The molecule has 1 heterocycles. The van der Waals surface area contributed by atoms with Crippen molar-refractivity contribution in [1.29, 1.82) is 0 Å². The molecular weight excluding hydrogens is 250 g/mol. The van der Waals surface area contributed by atoms with Gasteiger partial charge in [-0.2, -0.15) is 0 Å². The monoisotopic (exact) mass is 267 g/mol. The zero-order valence-corrected chi connectivity index (χ0v) is 10.9. The molecule has 3 rings (SSSR count). The molecule has 1 aromatic carbocycles. The molecule has 5 nitrogen and oxygen atoms in total. The van der Waals surface area contributed by atoms with Crippen molar-refractivity contribution in [2.24, 2.45) is 11.1 Å². The second-order valence-corrected chi connectivity index (χ2v) is 6.75. The summed E-state index contributed by atoms with van der Waals surface area (Å²) in [4.78, 5) is 2.26. The summed E-state index contributed by atoms with van der Waals surface area (Å²) in [5.41, 5.74) is 7.08. The molecule has 0 spiro atoms. The zero-order valence-electron chi connectivity index (χ0n) is 10.0. The summed E-state index contributed by atoms with van der Waals surface area (Å²) < 4.78 is 22.9. The molecule has 98 valence electrons. The lowest BCUT2D eigenvalue weighted by Crippen LogP contribution is -2.32. The smallest absolute Gasteiger partial charge is 0.240 e. The van der Waals surface area contributed by atoms with Crippen molar-refractivity contribution in [3.63, 3.8) is 0 Å². The largest absolute Gasteiger partial charge is 0.396 e. The number of benzene rings is 1. The molecule has 2 aliphatic rings. The molecule has 0 radical (unpaired) electrons. The number of hydrogen-bond donors (Lipinski definition) is 2. The van der Waals surface area contributed by atoms with Crippen LogP contribution in [0.5, 0.6) is 0 Å². The minimum absolute atomic E-state index is 0.0303. The van der Waals surface area contributed by atoms with Crippen LogP contribution in [0.15, 0.2) is 23.1 Å². The van der Waals surface area contributed by atoms with Gasteiger partial charge in [0.25, 0.3) is 0 Å². The third-order valence-electron chi connectivity index (χ3n) is 4.07. The highest BCUT2D eigenvalue weighted by Crippen LogP contribution is 2.42. The molecule has 1 aromatic rings. The van der Waals surface area contributed by atoms with E-state index in [-0.39, 0.29) is 10.6 Å². The van der Waals surface area contributed by atoms with E-state index in [4.69, 9.17) is 10.9 Å². The van der Waals surface area contributed by atoms with Crippen LogP contribution < -0.4 is 15.8 Å². The first kappa shape index (κ1) is 11.8.